The molecule has 0 radical (unpaired) electrons. The van der Waals surface area contributed by atoms with E-state index in [2.05, 4.69) is 15.8 Å². The fourth-order valence-corrected chi connectivity index (χ4v) is 0.594. The summed E-state index contributed by atoms with van der Waals surface area (Å²) < 4.78 is 4.58. The van der Waals surface area contributed by atoms with E-state index in [4.69, 9.17) is 0 Å². The van der Waals surface area contributed by atoms with Gasteiger partial charge in [-0.2, -0.15) is 0 Å². The minimum Gasteiger partial charge on any atom is -0.464 e. The molecule has 0 heterocycles. The van der Waals surface area contributed by atoms with E-state index in [9.17, 15) is 14.4 Å². The zero-order valence-corrected chi connectivity index (χ0v) is 7.49. The molecule has 0 unspecified atom stereocenters. The van der Waals surface area contributed by atoms with Gasteiger partial charge in [-0.3, -0.25) is 9.59 Å². The Morgan fingerprint density at radius 2 is 2.00 bits per heavy atom. The van der Waals surface area contributed by atoms with E-state index in [-0.39, 0.29) is 6.61 Å². The smallest absolute Gasteiger partial charge is 0.328 e. The van der Waals surface area contributed by atoms with Gasteiger partial charge in [0.05, 0.1) is 6.61 Å². The summed E-state index contributed by atoms with van der Waals surface area (Å²) in [5.41, 5.74) is 4.66. The van der Waals surface area contributed by atoms with Gasteiger partial charge in [0.2, 0.25) is 0 Å². The Bertz CT molecular complexity index is 227. The number of hydrogen-bond acceptors (Lipinski definition) is 4. The molecule has 0 aromatic carbocycles. The zero-order chi connectivity index (χ0) is 10.4. The predicted octanol–water partition coefficient (Wildman–Crippen LogP) is -1.46. The summed E-state index contributed by atoms with van der Waals surface area (Å²) >= 11 is 0. The number of carbonyl (C=O) groups excluding carboxylic acids is 3. The highest BCUT2D eigenvalue weighted by molar-refractivity contribution is 6.34. The lowest BCUT2D eigenvalue weighted by Crippen LogP contribution is -2.45. The molecule has 0 spiro atoms. The summed E-state index contributed by atoms with van der Waals surface area (Å²) in [5, 5.41) is 2.08. The largest absolute Gasteiger partial charge is 0.464 e. The van der Waals surface area contributed by atoms with Crippen molar-refractivity contribution in [3.8, 4) is 0 Å². The fourth-order valence-electron chi connectivity index (χ4n) is 0.594. The molecule has 13 heavy (non-hydrogen) atoms. The molecule has 0 saturated heterocycles. The lowest BCUT2D eigenvalue weighted by atomic mass is 10.3. The molecule has 6 nitrogen and oxygen atoms in total. The molecule has 6 heteroatoms. The lowest BCUT2D eigenvalue weighted by molar-refractivity contribution is -0.147. The Hall–Kier alpha value is -1.59. The standard InChI is InChI=1S/C7H12N2O4/c1-3-13-7(12)4(2)9-6(11)5(8)10/h4H,3H2,1-2H3,(H2,8,10)(H,9,11)/t4-/m0/s1. The van der Waals surface area contributed by atoms with Gasteiger partial charge in [-0.05, 0) is 13.8 Å². The molecule has 0 rings (SSSR count). The Morgan fingerprint density at radius 3 is 2.38 bits per heavy atom. The predicted molar refractivity (Wildman–Crippen MR) is 43.4 cm³/mol. The van der Waals surface area contributed by atoms with E-state index in [0.29, 0.717) is 0 Å². The summed E-state index contributed by atoms with van der Waals surface area (Å²) in [4.78, 5) is 31.9. The summed E-state index contributed by atoms with van der Waals surface area (Å²) in [6.45, 7) is 3.26. The van der Waals surface area contributed by atoms with Crippen LogP contribution in [-0.2, 0) is 19.1 Å². The Balaban J connectivity index is 3.99. The monoisotopic (exact) mass is 188 g/mol. The Labute approximate surface area is 75.4 Å². The van der Waals surface area contributed by atoms with Crippen LogP contribution in [0.5, 0.6) is 0 Å². The van der Waals surface area contributed by atoms with Gasteiger partial charge in [0.1, 0.15) is 6.04 Å². The second-order valence-electron chi connectivity index (χ2n) is 2.31. The van der Waals surface area contributed by atoms with E-state index in [0.717, 1.165) is 0 Å². The minimum atomic E-state index is -1.13. The van der Waals surface area contributed by atoms with Crippen LogP contribution in [0.4, 0.5) is 0 Å². The quantitative estimate of drug-likeness (QED) is 0.417. The van der Waals surface area contributed by atoms with Crippen LogP contribution < -0.4 is 11.1 Å². The number of carbonyl (C=O) groups is 3. The Kier molecular flexibility index (Phi) is 4.50. The Morgan fingerprint density at radius 1 is 1.46 bits per heavy atom. The number of rotatable bonds is 3. The molecule has 0 aromatic heterocycles. The van der Waals surface area contributed by atoms with E-state index >= 15 is 0 Å². The first kappa shape index (κ1) is 11.4. The van der Waals surface area contributed by atoms with Crippen molar-refractivity contribution >= 4 is 17.8 Å². The highest BCUT2D eigenvalue weighted by atomic mass is 16.5. The second kappa shape index (κ2) is 5.13. The molecule has 0 aliphatic rings. The fraction of sp³-hybridized carbons (Fsp3) is 0.571. The van der Waals surface area contributed by atoms with Crippen molar-refractivity contribution in [2.24, 2.45) is 5.73 Å². The third-order valence-electron chi connectivity index (χ3n) is 1.21. The highest BCUT2D eigenvalue weighted by Crippen LogP contribution is 1.87. The normalized spacial score (nSPS) is 11.5. The van der Waals surface area contributed by atoms with E-state index in [1.165, 1.54) is 6.92 Å². The van der Waals surface area contributed by atoms with Gasteiger partial charge >= 0.3 is 17.8 Å². The van der Waals surface area contributed by atoms with Crippen LogP contribution in [0.2, 0.25) is 0 Å². The first-order valence-corrected chi connectivity index (χ1v) is 3.76. The number of nitrogens with two attached hydrogens (primary N) is 1. The number of esters is 1. The summed E-state index contributed by atoms with van der Waals surface area (Å²) in [6.07, 6.45) is 0. The van der Waals surface area contributed by atoms with Crippen LogP contribution in [0.1, 0.15) is 13.8 Å². The SMILES string of the molecule is CCOC(=O)[C@H](C)NC(=O)C(N)=O. The minimum absolute atomic E-state index is 0.218. The number of nitrogens with one attached hydrogen (secondary N) is 1. The molecule has 2 amide bonds. The molecule has 0 bridgehead atoms. The van der Waals surface area contributed by atoms with Crippen molar-refractivity contribution in [1.29, 1.82) is 0 Å². The van der Waals surface area contributed by atoms with Crippen molar-refractivity contribution in [3.63, 3.8) is 0 Å². The van der Waals surface area contributed by atoms with Crippen LogP contribution in [0.3, 0.4) is 0 Å². The van der Waals surface area contributed by atoms with E-state index in [1.54, 1.807) is 6.92 Å². The average Bonchev–Trinajstić information content (AvgIpc) is 2.04. The molecule has 0 saturated carbocycles. The van der Waals surface area contributed by atoms with Crippen molar-refractivity contribution in [2.45, 2.75) is 19.9 Å². The van der Waals surface area contributed by atoms with Crippen LogP contribution in [-0.4, -0.2) is 30.4 Å². The van der Waals surface area contributed by atoms with Gasteiger partial charge in [0, 0.05) is 0 Å². The maximum Gasteiger partial charge on any atom is 0.328 e. The first-order valence-electron chi connectivity index (χ1n) is 3.76. The van der Waals surface area contributed by atoms with Crippen LogP contribution in [0.15, 0.2) is 0 Å². The van der Waals surface area contributed by atoms with Crippen molar-refractivity contribution in [2.75, 3.05) is 6.61 Å². The molecule has 74 valence electrons. The number of primary amides is 1. The van der Waals surface area contributed by atoms with Crippen LogP contribution >= 0.6 is 0 Å². The van der Waals surface area contributed by atoms with Crippen LogP contribution in [0.25, 0.3) is 0 Å². The van der Waals surface area contributed by atoms with Gasteiger partial charge < -0.3 is 15.8 Å². The molecule has 0 aromatic rings. The molecule has 3 N–H and O–H groups in total. The van der Waals surface area contributed by atoms with Gasteiger partial charge in [0.15, 0.2) is 0 Å². The number of hydrogen-bond donors (Lipinski definition) is 2. The molecule has 0 aliphatic carbocycles. The lowest BCUT2D eigenvalue weighted by Gasteiger charge is -2.10. The van der Waals surface area contributed by atoms with E-state index < -0.39 is 23.8 Å². The second-order valence-corrected chi connectivity index (χ2v) is 2.31. The molecule has 1 atom stereocenters. The van der Waals surface area contributed by atoms with Crippen molar-refractivity contribution in [1.82, 2.24) is 5.32 Å². The molecular weight excluding hydrogens is 176 g/mol. The highest BCUT2D eigenvalue weighted by Gasteiger charge is 2.18. The third kappa shape index (κ3) is 4.09. The van der Waals surface area contributed by atoms with Gasteiger partial charge in [0.25, 0.3) is 0 Å². The topological polar surface area (TPSA) is 98.5 Å². The summed E-state index contributed by atoms with van der Waals surface area (Å²) in [6, 6.07) is -0.861. The molecular formula is C7H12N2O4. The first-order chi connectivity index (χ1) is 5.99. The van der Waals surface area contributed by atoms with E-state index in [1.807, 2.05) is 0 Å². The van der Waals surface area contributed by atoms with Crippen molar-refractivity contribution in [3.05, 3.63) is 0 Å². The molecule has 0 fully saturated rings. The maximum atomic E-state index is 10.9. The molecule has 0 aliphatic heterocycles. The summed E-state index contributed by atoms with van der Waals surface area (Å²) in [7, 11) is 0. The van der Waals surface area contributed by atoms with Gasteiger partial charge in [-0.15, -0.1) is 0 Å². The van der Waals surface area contributed by atoms with Crippen LogP contribution in [0, 0.1) is 0 Å². The zero-order valence-electron chi connectivity index (χ0n) is 7.49. The van der Waals surface area contributed by atoms with Gasteiger partial charge in [-0.25, -0.2) is 4.79 Å². The number of amides is 2. The van der Waals surface area contributed by atoms with Gasteiger partial charge in [-0.1, -0.05) is 0 Å². The number of ether oxygens (including phenoxy) is 1. The maximum absolute atomic E-state index is 10.9. The third-order valence-corrected chi connectivity index (χ3v) is 1.21. The summed E-state index contributed by atoms with van der Waals surface area (Å²) in [5.74, 6) is -2.73. The van der Waals surface area contributed by atoms with Crippen molar-refractivity contribution < 1.29 is 19.1 Å². The average molecular weight is 188 g/mol.